The molecule has 3 nitrogen and oxygen atoms in total. The number of halogens is 1. The van der Waals surface area contributed by atoms with Crippen molar-refractivity contribution in [1.82, 2.24) is 0 Å². The monoisotopic (exact) mass is 270 g/mol. The molecule has 102 valence electrons. The molecule has 0 radical (unpaired) electrons. The van der Waals surface area contributed by atoms with Gasteiger partial charge in [-0.15, -0.1) is 0 Å². The standard InChI is InChI=1S/C16H15FN2O/c1-12-3-2-4-14(9-12)20-8-7-19-16-6-5-13(11-18)10-15(16)17/h2-6,9-10,19H,7-8H2,1H3. The summed E-state index contributed by atoms with van der Waals surface area (Å²) in [6.07, 6.45) is 0. The average Bonchev–Trinajstić information content (AvgIpc) is 2.45. The molecule has 2 aromatic carbocycles. The van der Waals surface area contributed by atoms with E-state index in [-0.39, 0.29) is 0 Å². The summed E-state index contributed by atoms with van der Waals surface area (Å²) in [5.41, 5.74) is 1.81. The van der Waals surface area contributed by atoms with E-state index in [9.17, 15) is 4.39 Å². The number of aryl methyl sites for hydroxylation is 1. The van der Waals surface area contributed by atoms with E-state index in [4.69, 9.17) is 10.00 Å². The minimum atomic E-state index is -0.431. The van der Waals surface area contributed by atoms with Crippen molar-refractivity contribution in [2.75, 3.05) is 18.5 Å². The zero-order chi connectivity index (χ0) is 14.4. The van der Waals surface area contributed by atoms with Crippen molar-refractivity contribution in [1.29, 1.82) is 5.26 Å². The highest BCUT2D eigenvalue weighted by molar-refractivity contribution is 5.48. The average molecular weight is 270 g/mol. The van der Waals surface area contributed by atoms with Gasteiger partial charge in [0.1, 0.15) is 18.2 Å². The summed E-state index contributed by atoms with van der Waals surface area (Å²) in [6.45, 7) is 2.91. The molecule has 0 saturated heterocycles. The maximum Gasteiger partial charge on any atom is 0.147 e. The largest absolute Gasteiger partial charge is 0.492 e. The number of hydrogen-bond donors (Lipinski definition) is 1. The molecule has 0 spiro atoms. The van der Waals surface area contributed by atoms with E-state index in [1.807, 2.05) is 37.3 Å². The SMILES string of the molecule is Cc1cccc(OCCNc2ccc(C#N)cc2F)c1. The molecule has 0 bridgehead atoms. The smallest absolute Gasteiger partial charge is 0.147 e. The zero-order valence-corrected chi connectivity index (χ0v) is 11.2. The second-order valence-electron chi connectivity index (χ2n) is 4.40. The molecule has 0 aliphatic carbocycles. The highest BCUT2D eigenvalue weighted by Crippen LogP contribution is 2.15. The number of nitrogens with zero attached hydrogens (tertiary/aromatic N) is 1. The first-order valence-electron chi connectivity index (χ1n) is 6.32. The van der Waals surface area contributed by atoms with Crippen LogP contribution in [-0.2, 0) is 0 Å². The molecule has 1 N–H and O–H groups in total. The Morgan fingerprint density at radius 2 is 2.10 bits per heavy atom. The van der Waals surface area contributed by atoms with Crippen molar-refractivity contribution in [3.63, 3.8) is 0 Å². The summed E-state index contributed by atoms with van der Waals surface area (Å²) in [5, 5.41) is 11.6. The molecule has 4 heteroatoms. The van der Waals surface area contributed by atoms with E-state index in [0.717, 1.165) is 11.3 Å². The zero-order valence-electron chi connectivity index (χ0n) is 11.2. The van der Waals surface area contributed by atoms with Crippen LogP contribution in [-0.4, -0.2) is 13.2 Å². The van der Waals surface area contributed by atoms with Gasteiger partial charge in [0.05, 0.1) is 17.3 Å². The van der Waals surface area contributed by atoms with Gasteiger partial charge in [0.15, 0.2) is 0 Å². The Kier molecular flexibility index (Phi) is 4.56. The molecular formula is C16H15FN2O. The van der Waals surface area contributed by atoms with E-state index in [1.165, 1.54) is 6.07 Å². The molecule has 2 rings (SSSR count). The molecule has 0 aliphatic heterocycles. The number of nitriles is 1. The third kappa shape index (κ3) is 3.72. The predicted molar refractivity (Wildman–Crippen MR) is 76.3 cm³/mol. The van der Waals surface area contributed by atoms with Crippen LogP contribution in [0.3, 0.4) is 0 Å². The number of nitrogens with one attached hydrogen (secondary N) is 1. The number of hydrogen-bond acceptors (Lipinski definition) is 3. The van der Waals surface area contributed by atoms with Gasteiger partial charge < -0.3 is 10.1 Å². The summed E-state index contributed by atoms with van der Waals surface area (Å²) >= 11 is 0. The van der Waals surface area contributed by atoms with Gasteiger partial charge in [-0.25, -0.2) is 4.39 Å². The molecule has 0 atom stereocenters. The fourth-order valence-corrected chi connectivity index (χ4v) is 1.79. The van der Waals surface area contributed by atoms with Gasteiger partial charge in [-0.05, 0) is 42.8 Å². The number of benzene rings is 2. The Bertz CT molecular complexity index is 635. The van der Waals surface area contributed by atoms with Crippen LogP contribution < -0.4 is 10.1 Å². The van der Waals surface area contributed by atoms with Crippen LogP contribution in [0.15, 0.2) is 42.5 Å². The maximum atomic E-state index is 13.6. The molecule has 0 aromatic heterocycles. The maximum absolute atomic E-state index is 13.6. The third-order valence-electron chi connectivity index (χ3n) is 2.77. The number of ether oxygens (including phenoxy) is 1. The van der Waals surface area contributed by atoms with Crippen LogP contribution in [0.1, 0.15) is 11.1 Å². The van der Waals surface area contributed by atoms with Gasteiger partial charge in [0.2, 0.25) is 0 Å². The van der Waals surface area contributed by atoms with Crippen molar-refractivity contribution < 1.29 is 9.13 Å². The van der Waals surface area contributed by atoms with Crippen molar-refractivity contribution in [2.24, 2.45) is 0 Å². The molecular weight excluding hydrogens is 255 g/mol. The van der Waals surface area contributed by atoms with Gasteiger partial charge >= 0.3 is 0 Å². The molecule has 0 fully saturated rings. The van der Waals surface area contributed by atoms with Crippen molar-refractivity contribution >= 4 is 5.69 Å². The summed E-state index contributed by atoms with van der Waals surface area (Å²) in [4.78, 5) is 0. The fourth-order valence-electron chi connectivity index (χ4n) is 1.79. The van der Waals surface area contributed by atoms with Gasteiger partial charge in [0, 0.05) is 6.54 Å². The van der Waals surface area contributed by atoms with Gasteiger partial charge in [-0.2, -0.15) is 5.26 Å². The highest BCUT2D eigenvalue weighted by Gasteiger charge is 2.02. The van der Waals surface area contributed by atoms with Crippen LogP contribution in [0.2, 0.25) is 0 Å². The van der Waals surface area contributed by atoms with E-state index in [2.05, 4.69) is 5.32 Å². The Morgan fingerprint density at radius 1 is 1.25 bits per heavy atom. The van der Waals surface area contributed by atoms with Crippen LogP contribution >= 0.6 is 0 Å². The fraction of sp³-hybridized carbons (Fsp3) is 0.188. The first kappa shape index (κ1) is 13.9. The lowest BCUT2D eigenvalue weighted by Gasteiger charge is -2.09. The quantitative estimate of drug-likeness (QED) is 0.846. The third-order valence-corrected chi connectivity index (χ3v) is 2.77. The summed E-state index contributed by atoms with van der Waals surface area (Å²) in [6, 6.07) is 14.0. The van der Waals surface area contributed by atoms with Gasteiger partial charge in [-0.1, -0.05) is 12.1 Å². The molecule has 20 heavy (non-hydrogen) atoms. The van der Waals surface area contributed by atoms with E-state index in [0.29, 0.717) is 24.4 Å². The lowest BCUT2D eigenvalue weighted by molar-refractivity contribution is 0.332. The number of rotatable bonds is 5. The highest BCUT2D eigenvalue weighted by atomic mass is 19.1. The van der Waals surface area contributed by atoms with Crippen molar-refractivity contribution in [3.8, 4) is 11.8 Å². The topological polar surface area (TPSA) is 45.0 Å². The molecule has 0 unspecified atom stereocenters. The Morgan fingerprint density at radius 3 is 2.80 bits per heavy atom. The predicted octanol–water partition coefficient (Wildman–Crippen LogP) is 3.50. The van der Waals surface area contributed by atoms with Crippen LogP contribution in [0.25, 0.3) is 0 Å². The van der Waals surface area contributed by atoms with E-state index < -0.39 is 5.82 Å². The normalized spacial score (nSPS) is 9.85. The Hall–Kier alpha value is -2.54. The van der Waals surface area contributed by atoms with Crippen LogP contribution in [0, 0.1) is 24.1 Å². The Balaban J connectivity index is 1.83. The Labute approximate surface area is 117 Å². The minimum Gasteiger partial charge on any atom is -0.492 e. The van der Waals surface area contributed by atoms with E-state index >= 15 is 0 Å². The molecule has 0 amide bonds. The van der Waals surface area contributed by atoms with Crippen LogP contribution in [0.4, 0.5) is 10.1 Å². The lowest BCUT2D eigenvalue weighted by atomic mass is 10.2. The molecule has 0 heterocycles. The first-order valence-corrected chi connectivity index (χ1v) is 6.32. The summed E-state index contributed by atoms with van der Waals surface area (Å²) < 4.78 is 19.1. The van der Waals surface area contributed by atoms with Crippen molar-refractivity contribution in [2.45, 2.75) is 6.92 Å². The minimum absolute atomic E-state index is 0.309. The molecule has 2 aromatic rings. The molecule has 0 saturated carbocycles. The van der Waals surface area contributed by atoms with Crippen LogP contribution in [0.5, 0.6) is 5.75 Å². The van der Waals surface area contributed by atoms with Crippen molar-refractivity contribution in [3.05, 3.63) is 59.4 Å². The van der Waals surface area contributed by atoms with Gasteiger partial charge in [-0.3, -0.25) is 0 Å². The first-order chi connectivity index (χ1) is 9.69. The second-order valence-corrected chi connectivity index (χ2v) is 4.40. The summed E-state index contributed by atoms with van der Waals surface area (Å²) in [5.74, 6) is 0.367. The lowest BCUT2D eigenvalue weighted by Crippen LogP contribution is -2.12. The van der Waals surface area contributed by atoms with Gasteiger partial charge in [0.25, 0.3) is 0 Å². The molecule has 0 aliphatic rings. The van der Waals surface area contributed by atoms with E-state index in [1.54, 1.807) is 12.1 Å². The summed E-state index contributed by atoms with van der Waals surface area (Å²) in [7, 11) is 0. The second kappa shape index (κ2) is 6.58. The number of anilines is 1.